The highest BCUT2D eigenvalue weighted by atomic mass is 16.6. The van der Waals surface area contributed by atoms with Gasteiger partial charge in [-0.3, -0.25) is 19.8 Å². The van der Waals surface area contributed by atoms with Crippen molar-refractivity contribution in [1.29, 1.82) is 0 Å². The number of para-hydroxylation sites is 1. The normalized spacial score (nSPS) is 17.9. The molecule has 5 rings (SSSR count). The van der Waals surface area contributed by atoms with Crippen LogP contribution in [0.1, 0.15) is 6.42 Å². The second-order valence-electron chi connectivity index (χ2n) is 7.15. The van der Waals surface area contributed by atoms with Gasteiger partial charge in [0.25, 0.3) is 5.56 Å². The number of amides is 2. The quantitative estimate of drug-likeness (QED) is 0.703. The predicted octanol–water partition coefficient (Wildman–Crippen LogP) is 1.29. The second kappa shape index (κ2) is 7.18. The number of anilines is 1. The summed E-state index contributed by atoms with van der Waals surface area (Å²) in [5, 5.41) is 0.403. The molecule has 30 heavy (non-hydrogen) atoms. The molecule has 1 saturated heterocycles. The fourth-order valence-corrected chi connectivity index (χ4v) is 3.69. The number of aromatic nitrogens is 2. The molecule has 1 unspecified atom stereocenters. The van der Waals surface area contributed by atoms with Crippen LogP contribution in [0.3, 0.4) is 0 Å². The molecule has 3 aromatic rings. The summed E-state index contributed by atoms with van der Waals surface area (Å²) < 4.78 is 12.1. The zero-order valence-corrected chi connectivity index (χ0v) is 15.9. The van der Waals surface area contributed by atoms with E-state index in [-0.39, 0.29) is 24.4 Å². The van der Waals surface area contributed by atoms with E-state index >= 15 is 0 Å². The van der Waals surface area contributed by atoms with E-state index in [0.717, 1.165) is 4.68 Å². The Balaban J connectivity index is 1.34. The summed E-state index contributed by atoms with van der Waals surface area (Å²) in [6, 6.07) is 12.2. The van der Waals surface area contributed by atoms with Crippen molar-refractivity contribution in [2.24, 2.45) is 5.92 Å². The Labute approximate surface area is 170 Å². The first-order chi connectivity index (χ1) is 14.6. The Morgan fingerprint density at radius 1 is 1.07 bits per heavy atom. The van der Waals surface area contributed by atoms with Crippen LogP contribution in [0.2, 0.25) is 0 Å². The van der Waals surface area contributed by atoms with Gasteiger partial charge in [-0.1, -0.05) is 12.1 Å². The van der Waals surface area contributed by atoms with E-state index in [1.807, 2.05) is 0 Å². The number of ether oxygens (including phenoxy) is 2. The van der Waals surface area contributed by atoms with Crippen molar-refractivity contribution in [2.75, 3.05) is 30.1 Å². The van der Waals surface area contributed by atoms with Gasteiger partial charge in [-0.15, -0.1) is 0 Å². The molecule has 9 heteroatoms. The molecule has 3 heterocycles. The minimum absolute atomic E-state index is 0.0516. The van der Waals surface area contributed by atoms with Crippen LogP contribution in [0.5, 0.6) is 11.5 Å². The van der Waals surface area contributed by atoms with Gasteiger partial charge in [0.1, 0.15) is 19.5 Å². The number of benzene rings is 2. The van der Waals surface area contributed by atoms with Gasteiger partial charge in [-0.05, 0) is 24.3 Å². The van der Waals surface area contributed by atoms with Crippen molar-refractivity contribution in [2.45, 2.75) is 6.42 Å². The Kier molecular flexibility index (Phi) is 4.35. The van der Waals surface area contributed by atoms with E-state index in [1.165, 1.54) is 6.33 Å². The Morgan fingerprint density at radius 3 is 2.73 bits per heavy atom. The van der Waals surface area contributed by atoms with Crippen LogP contribution in [0.15, 0.2) is 53.6 Å². The van der Waals surface area contributed by atoms with Crippen molar-refractivity contribution < 1.29 is 19.1 Å². The highest BCUT2D eigenvalue weighted by molar-refractivity contribution is 6.02. The van der Waals surface area contributed by atoms with Crippen molar-refractivity contribution in [3.05, 3.63) is 59.1 Å². The minimum Gasteiger partial charge on any atom is -0.486 e. The number of nitrogens with one attached hydrogen (secondary N) is 1. The molecule has 0 spiro atoms. The Bertz CT molecular complexity index is 1220. The van der Waals surface area contributed by atoms with E-state index in [2.05, 4.69) is 10.4 Å². The van der Waals surface area contributed by atoms with Crippen LogP contribution in [-0.4, -0.2) is 41.2 Å². The molecule has 0 aliphatic carbocycles. The zero-order chi connectivity index (χ0) is 20.7. The van der Waals surface area contributed by atoms with Crippen LogP contribution in [0, 0.1) is 5.92 Å². The minimum atomic E-state index is -0.593. The summed E-state index contributed by atoms with van der Waals surface area (Å²) >= 11 is 0. The van der Waals surface area contributed by atoms with Crippen LogP contribution < -0.4 is 25.4 Å². The maximum Gasteiger partial charge on any atom is 0.280 e. The third-order valence-electron chi connectivity index (χ3n) is 5.23. The lowest BCUT2D eigenvalue weighted by molar-refractivity contribution is -0.123. The van der Waals surface area contributed by atoms with E-state index in [4.69, 9.17) is 9.47 Å². The topological polar surface area (TPSA) is 103 Å². The summed E-state index contributed by atoms with van der Waals surface area (Å²) in [5.41, 5.74) is 3.39. The molecule has 2 amide bonds. The fraction of sp³-hybridized carbons (Fsp3) is 0.238. The van der Waals surface area contributed by atoms with Crippen LogP contribution in [-0.2, 0) is 9.59 Å². The van der Waals surface area contributed by atoms with Crippen molar-refractivity contribution in [3.8, 4) is 11.5 Å². The fourth-order valence-electron chi connectivity index (χ4n) is 3.69. The van der Waals surface area contributed by atoms with Crippen LogP contribution in [0.25, 0.3) is 10.9 Å². The van der Waals surface area contributed by atoms with Gasteiger partial charge in [0.05, 0.1) is 16.8 Å². The molecule has 1 aromatic heterocycles. The summed E-state index contributed by atoms with van der Waals surface area (Å²) in [4.78, 5) is 43.6. The number of rotatable bonds is 3. The molecule has 1 fully saturated rings. The van der Waals surface area contributed by atoms with Gasteiger partial charge in [0.2, 0.25) is 11.8 Å². The zero-order valence-electron chi connectivity index (χ0n) is 15.9. The van der Waals surface area contributed by atoms with E-state index in [1.54, 1.807) is 47.4 Å². The summed E-state index contributed by atoms with van der Waals surface area (Å²) in [5.74, 6) is 0.0322. The lowest BCUT2D eigenvalue weighted by atomic mass is 10.1. The van der Waals surface area contributed by atoms with Crippen LogP contribution in [0.4, 0.5) is 5.69 Å². The van der Waals surface area contributed by atoms with Crippen molar-refractivity contribution in [1.82, 2.24) is 9.66 Å². The average molecular weight is 406 g/mol. The maximum atomic E-state index is 12.7. The molecule has 2 aromatic carbocycles. The van der Waals surface area contributed by atoms with E-state index in [0.29, 0.717) is 41.3 Å². The second-order valence-corrected chi connectivity index (χ2v) is 7.15. The molecular weight excluding hydrogens is 388 g/mol. The number of carbonyl (C=O) groups excluding carboxylic acids is 2. The first-order valence-electron chi connectivity index (χ1n) is 9.57. The van der Waals surface area contributed by atoms with Crippen molar-refractivity contribution >= 4 is 28.4 Å². The average Bonchev–Trinajstić information content (AvgIpc) is 3.17. The number of carbonyl (C=O) groups is 2. The Morgan fingerprint density at radius 2 is 1.87 bits per heavy atom. The first kappa shape index (κ1) is 18.2. The standard InChI is InChI=1S/C21H18N4O5/c26-19-9-13(11-24(19)14-5-6-17-18(10-14)30-8-7-29-17)20(27)23-25-12-22-16-4-2-1-3-15(16)21(25)28/h1-6,10,12-13H,7-9,11H2,(H,23,27). The summed E-state index contributed by atoms with van der Waals surface area (Å²) in [7, 11) is 0. The smallest absolute Gasteiger partial charge is 0.280 e. The first-order valence-corrected chi connectivity index (χ1v) is 9.57. The highest BCUT2D eigenvalue weighted by Gasteiger charge is 2.36. The third kappa shape index (κ3) is 3.14. The van der Waals surface area contributed by atoms with E-state index < -0.39 is 11.8 Å². The Hall–Kier alpha value is -3.88. The molecule has 9 nitrogen and oxygen atoms in total. The van der Waals surface area contributed by atoms with Gasteiger partial charge < -0.3 is 14.4 Å². The molecular formula is C21H18N4O5. The van der Waals surface area contributed by atoms with Gasteiger partial charge in [-0.25, -0.2) is 9.66 Å². The molecule has 1 N–H and O–H groups in total. The van der Waals surface area contributed by atoms with E-state index in [9.17, 15) is 14.4 Å². The molecule has 0 bridgehead atoms. The molecule has 152 valence electrons. The lowest BCUT2D eigenvalue weighted by Gasteiger charge is -2.22. The molecule has 2 aliphatic rings. The number of hydrogen-bond acceptors (Lipinski definition) is 6. The maximum absolute atomic E-state index is 12.7. The van der Waals surface area contributed by atoms with Gasteiger partial charge in [-0.2, -0.15) is 0 Å². The van der Waals surface area contributed by atoms with Gasteiger partial charge in [0, 0.05) is 24.7 Å². The SMILES string of the molecule is O=C(Nn1cnc2ccccc2c1=O)C1CC(=O)N(c2ccc3c(c2)OCCO3)C1. The number of hydrogen-bond donors (Lipinski definition) is 1. The van der Waals surface area contributed by atoms with Gasteiger partial charge in [0.15, 0.2) is 11.5 Å². The van der Waals surface area contributed by atoms with Gasteiger partial charge >= 0.3 is 0 Å². The predicted molar refractivity (Wildman–Crippen MR) is 108 cm³/mol. The molecule has 0 radical (unpaired) electrons. The van der Waals surface area contributed by atoms with Crippen LogP contribution >= 0.6 is 0 Å². The largest absolute Gasteiger partial charge is 0.486 e. The lowest BCUT2D eigenvalue weighted by Crippen LogP contribution is -2.37. The summed E-state index contributed by atoms with van der Waals surface area (Å²) in [6.07, 6.45) is 1.33. The monoisotopic (exact) mass is 406 g/mol. The summed E-state index contributed by atoms with van der Waals surface area (Å²) in [6.45, 7) is 1.14. The number of nitrogens with zero attached hydrogens (tertiary/aromatic N) is 3. The molecule has 1 atom stereocenters. The number of fused-ring (bicyclic) bond motifs is 2. The van der Waals surface area contributed by atoms with Crippen molar-refractivity contribution in [3.63, 3.8) is 0 Å². The molecule has 0 saturated carbocycles. The molecule has 2 aliphatic heterocycles. The third-order valence-corrected chi connectivity index (χ3v) is 5.23. The highest BCUT2D eigenvalue weighted by Crippen LogP contribution is 2.36.